The molecular weight excluding hydrogens is 490 g/mol. The molecule has 196 valence electrons. The van der Waals surface area contributed by atoms with Crippen molar-refractivity contribution in [2.75, 3.05) is 18.4 Å². The molecule has 0 amide bonds. The molecule has 0 spiro atoms. The van der Waals surface area contributed by atoms with Crippen LogP contribution in [-0.2, 0) is 21.2 Å². The van der Waals surface area contributed by atoms with Crippen molar-refractivity contribution in [2.45, 2.75) is 43.9 Å². The second kappa shape index (κ2) is 13.5. The Morgan fingerprint density at radius 3 is 2.41 bits per heavy atom. The molecule has 2 N–H and O–H groups in total. The number of aryl methyl sites for hydroxylation is 2. The minimum absolute atomic E-state index is 0.0827. The fourth-order valence-corrected chi connectivity index (χ4v) is 4.68. The number of allylic oxidation sites excluding steroid dienone is 1. The summed E-state index contributed by atoms with van der Waals surface area (Å²) in [6, 6.07) is 19.4. The molecule has 0 bridgehead atoms. The predicted molar refractivity (Wildman–Crippen MR) is 146 cm³/mol. The molecule has 0 heterocycles. The summed E-state index contributed by atoms with van der Waals surface area (Å²) < 4.78 is 39.2. The number of nitrogens with one attached hydrogen (secondary N) is 1. The van der Waals surface area contributed by atoms with Gasteiger partial charge in [0, 0.05) is 12.1 Å². The van der Waals surface area contributed by atoms with Gasteiger partial charge in [-0.2, -0.15) is 0 Å². The van der Waals surface area contributed by atoms with Crippen molar-refractivity contribution in [3.63, 3.8) is 0 Å². The number of ether oxygens (including phenoxy) is 2. The van der Waals surface area contributed by atoms with Crippen LogP contribution in [0, 0.1) is 6.92 Å². The first-order valence-corrected chi connectivity index (χ1v) is 13.6. The maximum Gasteiger partial charge on any atom is 0.303 e. The summed E-state index contributed by atoms with van der Waals surface area (Å²) in [6.45, 7) is 2.36. The largest absolute Gasteiger partial charge is 0.497 e. The van der Waals surface area contributed by atoms with E-state index >= 15 is 0 Å². The third kappa shape index (κ3) is 8.99. The highest BCUT2D eigenvalue weighted by Gasteiger charge is 2.15. The lowest BCUT2D eigenvalue weighted by molar-refractivity contribution is -0.136. The molecule has 0 radical (unpaired) electrons. The number of carboxylic acids is 1. The summed E-state index contributed by atoms with van der Waals surface area (Å²) in [5.74, 6) is 0.460. The average molecular weight is 524 g/mol. The van der Waals surface area contributed by atoms with Gasteiger partial charge in [-0.3, -0.25) is 9.52 Å². The van der Waals surface area contributed by atoms with Crippen LogP contribution in [0.4, 0.5) is 5.69 Å². The molecule has 0 saturated heterocycles. The Hall–Kier alpha value is -3.78. The van der Waals surface area contributed by atoms with Crippen LogP contribution in [0.2, 0.25) is 0 Å². The van der Waals surface area contributed by atoms with Crippen LogP contribution in [-0.4, -0.2) is 33.2 Å². The molecule has 8 heteroatoms. The van der Waals surface area contributed by atoms with Crippen molar-refractivity contribution in [1.29, 1.82) is 0 Å². The van der Waals surface area contributed by atoms with Gasteiger partial charge in [0.25, 0.3) is 10.0 Å². The Labute approximate surface area is 218 Å². The quantitative estimate of drug-likeness (QED) is 0.248. The van der Waals surface area contributed by atoms with Gasteiger partial charge in [-0.15, -0.1) is 0 Å². The SMILES string of the molecule is COc1ccc(C=CCCCCOc2ccc(NS(=O)(=O)c3ccc(C)cc3)cc2CCC(=O)O)cc1. The standard InChI is InChI=1S/C29H33NO6S/c1-22-8-16-27(17-9-22)37(33,34)30-25-13-18-28(24(21-25)12-19-29(31)32)36-20-6-4-3-5-7-23-10-14-26(35-2)15-11-23/h5,7-11,13-18,21,30H,3-4,6,12,19-20H2,1-2H3,(H,31,32). The lowest BCUT2D eigenvalue weighted by Crippen LogP contribution is -2.13. The van der Waals surface area contributed by atoms with Crippen LogP contribution in [0.5, 0.6) is 11.5 Å². The zero-order chi connectivity index (χ0) is 26.7. The van der Waals surface area contributed by atoms with Gasteiger partial charge in [-0.25, -0.2) is 8.42 Å². The minimum Gasteiger partial charge on any atom is -0.497 e. The van der Waals surface area contributed by atoms with Gasteiger partial charge in [0.15, 0.2) is 0 Å². The molecule has 0 atom stereocenters. The van der Waals surface area contributed by atoms with Crippen molar-refractivity contribution in [3.05, 3.63) is 89.5 Å². The van der Waals surface area contributed by atoms with Crippen LogP contribution in [0.1, 0.15) is 42.4 Å². The maximum atomic E-state index is 12.7. The highest BCUT2D eigenvalue weighted by molar-refractivity contribution is 7.92. The summed E-state index contributed by atoms with van der Waals surface area (Å²) in [4.78, 5) is 11.3. The van der Waals surface area contributed by atoms with Crippen molar-refractivity contribution in [2.24, 2.45) is 0 Å². The third-order valence-corrected chi connectivity index (χ3v) is 7.10. The Kier molecular flexibility index (Phi) is 10.1. The van der Waals surface area contributed by atoms with E-state index in [0.29, 0.717) is 23.6 Å². The first kappa shape index (κ1) is 27.8. The first-order chi connectivity index (χ1) is 17.8. The molecule has 0 unspecified atom stereocenters. The Morgan fingerprint density at radius 2 is 1.73 bits per heavy atom. The van der Waals surface area contributed by atoms with Gasteiger partial charge >= 0.3 is 5.97 Å². The van der Waals surface area contributed by atoms with Gasteiger partial charge < -0.3 is 14.6 Å². The van der Waals surface area contributed by atoms with Crippen molar-refractivity contribution < 1.29 is 27.8 Å². The number of sulfonamides is 1. The van der Waals surface area contributed by atoms with Crippen LogP contribution in [0.25, 0.3) is 6.08 Å². The third-order valence-electron chi connectivity index (χ3n) is 5.70. The van der Waals surface area contributed by atoms with Crippen LogP contribution >= 0.6 is 0 Å². The average Bonchev–Trinajstić information content (AvgIpc) is 2.88. The second-order valence-corrected chi connectivity index (χ2v) is 10.3. The molecule has 0 aromatic heterocycles. The van der Waals surface area contributed by atoms with E-state index in [1.54, 1.807) is 49.6 Å². The number of hydrogen-bond acceptors (Lipinski definition) is 5. The van der Waals surface area contributed by atoms with E-state index in [1.807, 2.05) is 31.2 Å². The summed E-state index contributed by atoms with van der Waals surface area (Å²) in [5, 5.41) is 9.13. The smallest absolute Gasteiger partial charge is 0.303 e. The van der Waals surface area contributed by atoms with Gasteiger partial charge in [0.1, 0.15) is 11.5 Å². The second-order valence-electron chi connectivity index (χ2n) is 8.65. The molecule has 37 heavy (non-hydrogen) atoms. The van der Waals surface area contributed by atoms with Crippen molar-refractivity contribution in [1.82, 2.24) is 0 Å². The number of anilines is 1. The number of benzene rings is 3. The van der Waals surface area contributed by atoms with Crippen LogP contribution in [0.15, 0.2) is 77.7 Å². The van der Waals surface area contributed by atoms with E-state index in [4.69, 9.17) is 14.6 Å². The molecule has 0 fully saturated rings. The summed E-state index contributed by atoms with van der Waals surface area (Å²) in [5.41, 5.74) is 3.07. The fraction of sp³-hybridized carbons (Fsp3) is 0.276. The molecule has 0 aliphatic rings. The number of carboxylic acid groups (broad SMARTS) is 1. The van der Waals surface area contributed by atoms with Gasteiger partial charge in [0.05, 0.1) is 18.6 Å². The molecule has 3 rings (SSSR count). The van der Waals surface area contributed by atoms with Crippen LogP contribution < -0.4 is 14.2 Å². The topological polar surface area (TPSA) is 102 Å². The number of carbonyl (C=O) groups is 1. The van der Waals surface area contributed by atoms with Gasteiger partial charge in [0.2, 0.25) is 0 Å². The van der Waals surface area contributed by atoms with Crippen molar-refractivity contribution in [3.8, 4) is 11.5 Å². The van der Waals surface area contributed by atoms with Crippen LogP contribution in [0.3, 0.4) is 0 Å². The van der Waals surface area contributed by atoms with E-state index < -0.39 is 16.0 Å². The zero-order valence-electron chi connectivity index (χ0n) is 21.1. The molecule has 7 nitrogen and oxygen atoms in total. The summed E-state index contributed by atoms with van der Waals surface area (Å²) in [7, 11) is -2.12. The minimum atomic E-state index is -3.76. The van der Waals surface area contributed by atoms with Gasteiger partial charge in [-0.05, 0) is 86.2 Å². The van der Waals surface area contributed by atoms with Gasteiger partial charge in [-0.1, -0.05) is 42.0 Å². The summed E-state index contributed by atoms with van der Waals surface area (Å²) in [6.07, 6.45) is 7.01. The molecule has 3 aromatic carbocycles. The number of hydrogen-bond donors (Lipinski definition) is 2. The van der Waals surface area contributed by atoms with E-state index in [-0.39, 0.29) is 17.7 Å². The first-order valence-electron chi connectivity index (χ1n) is 12.1. The normalized spacial score (nSPS) is 11.4. The number of methoxy groups -OCH3 is 1. The Morgan fingerprint density at radius 1 is 1.00 bits per heavy atom. The van der Waals surface area contributed by atoms with Crippen molar-refractivity contribution >= 4 is 27.8 Å². The number of unbranched alkanes of at least 4 members (excludes halogenated alkanes) is 2. The lowest BCUT2D eigenvalue weighted by Gasteiger charge is -2.14. The Bertz CT molecular complexity index is 1300. The highest BCUT2D eigenvalue weighted by Crippen LogP contribution is 2.26. The number of aliphatic carboxylic acids is 1. The van der Waals surface area contributed by atoms with E-state index in [0.717, 1.165) is 36.1 Å². The van der Waals surface area contributed by atoms with E-state index in [1.165, 1.54) is 0 Å². The predicted octanol–water partition coefficient (Wildman–Crippen LogP) is 6.08. The zero-order valence-corrected chi connectivity index (χ0v) is 22.0. The molecule has 0 aliphatic carbocycles. The molecule has 0 aliphatic heterocycles. The highest BCUT2D eigenvalue weighted by atomic mass is 32.2. The van der Waals surface area contributed by atoms with E-state index in [9.17, 15) is 13.2 Å². The van der Waals surface area contributed by atoms with E-state index in [2.05, 4.69) is 16.9 Å². The Balaban J connectivity index is 1.56. The lowest BCUT2D eigenvalue weighted by atomic mass is 10.1. The molecular formula is C29H33NO6S. The molecule has 0 saturated carbocycles. The fourth-order valence-electron chi connectivity index (χ4n) is 3.63. The molecule has 3 aromatic rings. The number of rotatable bonds is 14. The monoisotopic (exact) mass is 523 g/mol. The maximum absolute atomic E-state index is 12.7. The summed E-state index contributed by atoms with van der Waals surface area (Å²) >= 11 is 0.